The Hall–Kier alpha value is -1.36. The molecule has 2 aliphatic rings. The van der Waals surface area contributed by atoms with Gasteiger partial charge in [0.05, 0.1) is 6.61 Å². The van der Waals surface area contributed by atoms with Crippen LogP contribution in [0.3, 0.4) is 0 Å². The number of carbonyl (C=O) groups excluding carboxylic acids is 2. The van der Waals surface area contributed by atoms with Crippen molar-refractivity contribution < 1.29 is 19.1 Å². The second kappa shape index (κ2) is 4.88. The molecule has 1 aromatic carbocycles. The van der Waals surface area contributed by atoms with Crippen LogP contribution in [0.4, 0.5) is 0 Å². The molecule has 1 heterocycles. The van der Waals surface area contributed by atoms with E-state index in [2.05, 4.69) is 15.9 Å². The van der Waals surface area contributed by atoms with Crippen LogP contribution in [0, 0.1) is 11.8 Å². The van der Waals surface area contributed by atoms with Gasteiger partial charge in [-0.05, 0) is 37.5 Å². The third kappa shape index (κ3) is 1.79. The van der Waals surface area contributed by atoms with Crippen molar-refractivity contribution in [1.82, 2.24) is 0 Å². The zero-order valence-electron chi connectivity index (χ0n) is 11.1. The molecular weight excluding hydrogens is 324 g/mol. The first-order valence-corrected chi connectivity index (χ1v) is 7.54. The molecule has 5 heteroatoms. The summed E-state index contributed by atoms with van der Waals surface area (Å²) in [6, 6.07) is 7.60. The fourth-order valence-corrected chi connectivity index (χ4v) is 3.59. The number of ether oxygens (including phenoxy) is 2. The second-order valence-corrected chi connectivity index (χ2v) is 6.07. The minimum Gasteiger partial charge on any atom is -0.466 e. The number of carbonyl (C=O) groups is 2. The highest BCUT2D eigenvalue weighted by atomic mass is 79.9. The van der Waals surface area contributed by atoms with Crippen LogP contribution < -0.4 is 0 Å². The van der Waals surface area contributed by atoms with Gasteiger partial charge in [-0.3, -0.25) is 9.59 Å². The lowest BCUT2D eigenvalue weighted by Gasteiger charge is -2.46. The highest BCUT2D eigenvalue weighted by Gasteiger charge is 2.67. The van der Waals surface area contributed by atoms with Crippen LogP contribution in [0.2, 0.25) is 0 Å². The van der Waals surface area contributed by atoms with E-state index in [0.717, 1.165) is 10.0 Å². The smallest absolute Gasteiger partial charge is 0.314 e. The van der Waals surface area contributed by atoms with Gasteiger partial charge in [0.1, 0.15) is 11.8 Å². The predicted octanol–water partition coefficient (Wildman–Crippen LogP) is 2.79. The minimum absolute atomic E-state index is 0.209. The first-order chi connectivity index (χ1) is 9.59. The van der Waals surface area contributed by atoms with Gasteiger partial charge in [0.25, 0.3) is 0 Å². The zero-order valence-corrected chi connectivity index (χ0v) is 12.7. The van der Waals surface area contributed by atoms with Crippen molar-refractivity contribution in [2.75, 3.05) is 6.61 Å². The average molecular weight is 339 g/mol. The molecule has 0 unspecified atom stereocenters. The Morgan fingerprint density at radius 1 is 1.40 bits per heavy atom. The summed E-state index contributed by atoms with van der Waals surface area (Å²) in [5, 5.41) is 0. The van der Waals surface area contributed by atoms with Crippen molar-refractivity contribution in [3.8, 4) is 0 Å². The molecule has 0 spiro atoms. The minimum atomic E-state index is -0.815. The van der Waals surface area contributed by atoms with Crippen LogP contribution >= 0.6 is 15.9 Å². The van der Waals surface area contributed by atoms with Gasteiger partial charge < -0.3 is 9.47 Å². The van der Waals surface area contributed by atoms with Crippen molar-refractivity contribution in [3.63, 3.8) is 0 Å². The molecule has 106 valence electrons. The maximum Gasteiger partial charge on any atom is 0.314 e. The molecule has 0 aromatic heterocycles. The van der Waals surface area contributed by atoms with Crippen molar-refractivity contribution >= 4 is 27.9 Å². The number of benzene rings is 1. The van der Waals surface area contributed by atoms with Crippen molar-refractivity contribution in [2.45, 2.75) is 25.4 Å². The molecule has 4 nitrogen and oxygen atoms in total. The Bertz CT molecular complexity index is 553. The van der Waals surface area contributed by atoms with E-state index in [1.54, 1.807) is 6.92 Å². The van der Waals surface area contributed by atoms with Crippen LogP contribution in [0.25, 0.3) is 0 Å². The molecule has 2 fully saturated rings. The molecule has 20 heavy (non-hydrogen) atoms. The Morgan fingerprint density at radius 3 is 2.70 bits per heavy atom. The summed E-state index contributed by atoms with van der Waals surface area (Å²) in [6.07, 6.45) is 1.31. The Morgan fingerprint density at radius 2 is 2.10 bits per heavy atom. The Labute approximate surface area is 125 Å². The van der Waals surface area contributed by atoms with E-state index in [1.165, 1.54) is 0 Å². The number of halogens is 1. The summed E-state index contributed by atoms with van der Waals surface area (Å²) in [5.74, 6) is -1.10. The van der Waals surface area contributed by atoms with Crippen molar-refractivity contribution in [3.05, 3.63) is 34.3 Å². The van der Waals surface area contributed by atoms with Crippen LogP contribution in [-0.2, 0) is 24.7 Å². The lowest BCUT2D eigenvalue weighted by atomic mass is 9.74. The molecule has 0 amide bonds. The summed E-state index contributed by atoms with van der Waals surface area (Å²) in [5.41, 5.74) is 0.0604. The van der Waals surface area contributed by atoms with E-state index in [4.69, 9.17) is 9.47 Å². The van der Waals surface area contributed by atoms with Gasteiger partial charge >= 0.3 is 11.9 Å². The van der Waals surface area contributed by atoms with Crippen LogP contribution in [0.5, 0.6) is 0 Å². The summed E-state index contributed by atoms with van der Waals surface area (Å²) in [7, 11) is 0. The highest BCUT2D eigenvalue weighted by molar-refractivity contribution is 9.10. The summed E-state index contributed by atoms with van der Waals surface area (Å²) >= 11 is 3.39. The average Bonchev–Trinajstić information content (AvgIpc) is 2.73. The van der Waals surface area contributed by atoms with E-state index in [-0.39, 0.29) is 17.9 Å². The maximum atomic E-state index is 12.2. The Kier molecular flexibility index (Phi) is 3.32. The third-order valence-electron chi connectivity index (χ3n) is 4.20. The van der Waals surface area contributed by atoms with Gasteiger partial charge in [-0.25, -0.2) is 0 Å². The normalized spacial score (nSPS) is 31.2. The maximum absolute atomic E-state index is 12.2. The molecule has 1 aliphatic carbocycles. The van der Waals surface area contributed by atoms with E-state index in [9.17, 15) is 9.59 Å². The van der Waals surface area contributed by atoms with Gasteiger partial charge in [0, 0.05) is 4.47 Å². The summed E-state index contributed by atoms with van der Waals surface area (Å²) in [6.45, 7) is 2.12. The second-order valence-electron chi connectivity index (χ2n) is 5.16. The van der Waals surface area contributed by atoms with Crippen LogP contribution in [-0.4, -0.2) is 18.5 Å². The number of fused-ring (bicyclic) bond motifs is 1. The van der Waals surface area contributed by atoms with Gasteiger partial charge in [-0.2, -0.15) is 0 Å². The zero-order chi connectivity index (χ0) is 14.3. The topological polar surface area (TPSA) is 52.6 Å². The predicted molar refractivity (Wildman–Crippen MR) is 74.8 cm³/mol. The molecular formula is C15H15BrO4. The van der Waals surface area contributed by atoms with Gasteiger partial charge in [-0.15, -0.1) is 0 Å². The Balaban J connectivity index is 1.99. The molecule has 0 radical (unpaired) electrons. The largest absolute Gasteiger partial charge is 0.466 e. The lowest BCUT2D eigenvalue weighted by molar-refractivity contribution is -0.221. The van der Waals surface area contributed by atoms with E-state index >= 15 is 0 Å². The highest BCUT2D eigenvalue weighted by Crippen LogP contribution is 2.58. The molecule has 3 rings (SSSR count). The molecule has 1 aliphatic heterocycles. The van der Waals surface area contributed by atoms with Crippen molar-refractivity contribution in [2.24, 2.45) is 11.8 Å². The molecule has 1 aromatic rings. The molecule has 1 saturated heterocycles. The number of hydrogen-bond donors (Lipinski definition) is 0. The quantitative estimate of drug-likeness (QED) is 0.795. The van der Waals surface area contributed by atoms with E-state index < -0.39 is 11.5 Å². The molecule has 0 bridgehead atoms. The van der Waals surface area contributed by atoms with Gasteiger partial charge in [0.2, 0.25) is 0 Å². The third-order valence-corrected chi connectivity index (χ3v) is 4.73. The van der Waals surface area contributed by atoms with E-state index in [0.29, 0.717) is 19.4 Å². The summed E-state index contributed by atoms with van der Waals surface area (Å²) in [4.78, 5) is 23.9. The fraction of sp³-hybridized carbons (Fsp3) is 0.467. The SMILES string of the molecule is CCOC(=O)[C@@H]1CC[C@@H]2C(=O)O[C@@]21c1ccc(Br)cc1. The molecule has 1 saturated carbocycles. The van der Waals surface area contributed by atoms with Crippen LogP contribution in [0.15, 0.2) is 28.7 Å². The van der Waals surface area contributed by atoms with Crippen LogP contribution in [0.1, 0.15) is 25.3 Å². The molecule has 3 atom stereocenters. The monoisotopic (exact) mass is 338 g/mol. The first kappa shape index (κ1) is 13.6. The number of hydrogen-bond acceptors (Lipinski definition) is 4. The number of esters is 2. The first-order valence-electron chi connectivity index (χ1n) is 6.75. The van der Waals surface area contributed by atoms with Gasteiger partial charge in [0.15, 0.2) is 5.60 Å². The van der Waals surface area contributed by atoms with Crippen molar-refractivity contribution in [1.29, 1.82) is 0 Å². The fourth-order valence-electron chi connectivity index (χ4n) is 3.33. The standard InChI is InChI=1S/C15H15BrO4/c1-2-19-13(17)11-7-8-12-14(18)20-15(11,12)9-3-5-10(16)6-4-9/h3-6,11-12H,2,7-8H2,1H3/t11-,12+,15+/m0/s1. The summed E-state index contributed by atoms with van der Waals surface area (Å²) < 4.78 is 11.6. The number of rotatable bonds is 3. The van der Waals surface area contributed by atoms with E-state index in [1.807, 2.05) is 24.3 Å². The lowest BCUT2D eigenvalue weighted by Crippen LogP contribution is -2.56. The molecule has 0 N–H and O–H groups in total. The van der Waals surface area contributed by atoms with Gasteiger partial charge in [-0.1, -0.05) is 28.1 Å².